The summed E-state index contributed by atoms with van der Waals surface area (Å²) in [6.45, 7) is 2.60. The Labute approximate surface area is 222 Å². The molecule has 1 N–H and O–H groups in total. The van der Waals surface area contributed by atoms with Gasteiger partial charge in [-0.3, -0.25) is 10.1 Å². The van der Waals surface area contributed by atoms with Crippen molar-refractivity contribution in [2.75, 3.05) is 33.1 Å². The van der Waals surface area contributed by atoms with Crippen LogP contribution in [0.1, 0.15) is 12.0 Å². The standard InChI is InChI=1S/C31H32N4O3/c1-33(2)17-4-18-34-30-15-5-22(21-32-25-9-11-26(12-10-25)35(36)37)19-28(30)29-20-24(8-16-31(29)34)23-6-13-27(38-3)14-7-23/h5-16,19-20,32H,4,17-18,21H2,1-3H3. The minimum Gasteiger partial charge on any atom is -0.497 e. The van der Waals surface area contributed by atoms with Crippen molar-refractivity contribution in [3.63, 3.8) is 0 Å². The zero-order valence-electron chi connectivity index (χ0n) is 22.0. The molecule has 5 rings (SSSR count). The number of benzene rings is 4. The van der Waals surface area contributed by atoms with Crippen LogP contribution in [0.15, 0.2) is 84.9 Å². The van der Waals surface area contributed by atoms with Gasteiger partial charge in [0.2, 0.25) is 0 Å². The lowest BCUT2D eigenvalue weighted by Gasteiger charge is -2.12. The fourth-order valence-electron chi connectivity index (χ4n) is 4.92. The lowest BCUT2D eigenvalue weighted by molar-refractivity contribution is -0.384. The Morgan fingerprint density at radius 1 is 0.868 bits per heavy atom. The predicted molar refractivity (Wildman–Crippen MR) is 155 cm³/mol. The van der Waals surface area contributed by atoms with Crippen molar-refractivity contribution in [3.8, 4) is 16.9 Å². The number of rotatable bonds is 10. The van der Waals surface area contributed by atoms with Gasteiger partial charge in [-0.1, -0.05) is 24.3 Å². The third-order valence-electron chi connectivity index (χ3n) is 6.91. The van der Waals surface area contributed by atoms with Crippen molar-refractivity contribution < 1.29 is 9.66 Å². The van der Waals surface area contributed by atoms with E-state index in [0.29, 0.717) is 6.54 Å². The second-order valence-corrected chi connectivity index (χ2v) is 9.78. The van der Waals surface area contributed by atoms with E-state index in [1.807, 2.05) is 12.1 Å². The van der Waals surface area contributed by atoms with E-state index in [9.17, 15) is 10.1 Å². The molecule has 0 saturated carbocycles. The summed E-state index contributed by atoms with van der Waals surface area (Å²) in [4.78, 5) is 12.8. The van der Waals surface area contributed by atoms with Gasteiger partial charge in [-0.25, -0.2) is 0 Å². The number of hydrogen-bond donors (Lipinski definition) is 1. The highest BCUT2D eigenvalue weighted by molar-refractivity contribution is 6.09. The molecule has 1 heterocycles. The van der Waals surface area contributed by atoms with Crippen molar-refractivity contribution in [1.82, 2.24) is 9.47 Å². The number of aryl methyl sites for hydroxylation is 1. The van der Waals surface area contributed by atoms with Crippen LogP contribution in [0.25, 0.3) is 32.9 Å². The average molecular weight is 509 g/mol. The molecule has 38 heavy (non-hydrogen) atoms. The molecule has 0 atom stereocenters. The van der Waals surface area contributed by atoms with Crippen LogP contribution in [-0.2, 0) is 13.1 Å². The zero-order chi connectivity index (χ0) is 26.6. The predicted octanol–water partition coefficient (Wildman–Crippen LogP) is 6.94. The summed E-state index contributed by atoms with van der Waals surface area (Å²) in [7, 11) is 5.90. The second kappa shape index (κ2) is 10.9. The van der Waals surface area contributed by atoms with E-state index in [1.165, 1.54) is 39.5 Å². The number of nitrogens with one attached hydrogen (secondary N) is 1. The number of nitro benzene ring substituents is 1. The second-order valence-electron chi connectivity index (χ2n) is 9.78. The number of aromatic nitrogens is 1. The molecule has 7 heteroatoms. The molecule has 1 aromatic heterocycles. The Morgan fingerprint density at radius 3 is 2.18 bits per heavy atom. The van der Waals surface area contributed by atoms with Crippen LogP contribution in [0.5, 0.6) is 5.75 Å². The molecule has 194 valence electrons. The summed E-state index contributed by atoms with van der Waals surface area (Å²) in [5, 5.41) is 16.8. The van der Waals surface area contributed by atoms with E-state index in [4.69, 9.17) is 4.74 Å². The zero-order valence-corrected chi connectivity index (χ0v) is 22.0. The van der Waals surface area contributed by atoms with Crippen molar-refractivity contribution >= 4 is 33.2 Å². The number of anilines is 1. The van der Waals surface area contributed by atoms with Crippen LogP contribution >= 0.6 is 0 Å². The van der Waals surface area contributed by atoms with E-state index in [0.717, 1.165) is 42.1 Å². The van der Waals surface area contributed by atoms with Gasteiger partial charge in [-0.05, 0) is 92.3 Å². The van der Waals surface area contributed by atoms with E-state index in [2.05, 4.69) is 77.4 Å². The fraction of sp³-hybridized carbons (Fsp3) is 0.226. The van der Waals surface area contributed by atoms with E-state index in [-0.39, 0.29) is 10.6 Å². The summed E-state index contributed by atoms with van der Waals surface area (Å²) < 4.78 is 7.76. The average Bonchev–Trinajstić information content (AvgIpc) is 3.24. The highest BCUT2D eigenvalue weighted by Crippen LogP contribution is 2.34. The number of methoxy groups -OCH3 is 1. The Morgan fingerprint density at radius 2 is 1.53 bits per heavy atom. The molecular formula is C31H32N4O3. The van der Waals surface area contributed by atoms with Crippen molar-refractivity contribution in [2.24, 2.45) is 0 Å². The smallest absolute Gasteiger partial charge is 0.269 e. The molecule has 5 aromatic rings. The van der Waals surface area contributed by atoms with Crippen molar-refractivity contribution in [1.29, 1.82) is 0 Å². The Kier molecular flexibility index (Phi) is 7.29. The lowest BCUT2D eigenvalue weighted by Crippen LogP contribution is -2.15. The van der Waals surface area contributed by atoms with Gasteiger partial charge in [0.1, 0.15) is 5.75 Å². The molecule has 7 nitrogen and oxygen atoms in total. The van der Waals surface area contributed by atoms with Gasteiger partial charge in [0.15, 0.2) is 0 Å². The highest BCUT2D eigenvalue weighted by atomic mass is 16.6. The monoisotopic (exact) mass is 508 g/mol. The number of non-ortho nitro benzene ring substituents is 1. The normalized spacial score (nSPS) is 11.4. The van der Waals surface area contributed by atoms with Gasteiger partial charge in [0, 0.05) is 52.7 Å². The maximum atomic E-state index is 10.9. The minimum absolute atomic E-state index is 0.0895. The molecular weight excluding hydrogens is 476 g/mol. The summed E-state index contributed by atoms with van der Waals surface area (Å²) in [5.41, 5.74) is 6.87. The quantitative estimate of drug-likeness (QED) is 0.163. The first kappa shape index (κ1) is 25.3. The van der Waals surface area contributed by atoms with Crippen LogP contribution in [0.2, 0.25) is 0 Å². The molecule has 0 aliphatic heterocycles. The Balaban J connectivity index is 1.50. The largest absolute Gasteiger partial charge is 0.497 e. The maximum Gasteiger partial charge on any atom is 0.269 e. The molecule has 4 aromatic carbocycles. The van der Waals surface area contributed by atoms with Crippen LogP contribution < -0.4 is 10.1 Å². The van der Waals surface area contributed by atoms with E-state index in [1.54, 1.807) is 19.2 Å². The van der Waals surface area contributed by atoms with Crippen LogP contribution in [0.4, 0.5) is 11.4 Å². The first-order valence-corrected chi connectivity index (χ1v) is 12.8. The van der Waals surface area contributed by atoms with E-state index < -0.39 is 0 Å². The van der Waals surface area contributed by atoms with Crippen molar-refractivity contribution in [3.05, 3.63) is 101 Å². The van der Waals surface area contributed by atoms with E-state index >= 15 is 0 Å². The number of nitro groups is 1. The van der Waals surface area contributed by atoms with Gasteiger partial charge >= 0.3 is 0 Å². The molecule has 0 aliphatic rings. The first-order valence-electron chi connectivity index (χ1n) is 12.8. The maximum absolute atomic E-state index is 10.9. The number of nitrogens with zero attached hydrogens (tertiary/aromatic N) is 3. The van der Waals surface area contributed by atoms with Gasteiger partial charge in [0.05, 0.1) is 12.0 Å². The first-order chi connectivity index (χ1) is 18.4. The van der Waals surface area contributed by atoms with Gasteiger partial charge in [0.25, 0.3) is 5.69 Å². The Hall–Kier alpha value is -4.36. The third kappa shape index (κ3) is 5.33. The van der Waals surface area contributed by atoms with Crippen LogP contribution in [-0.4, -0.2) is 42.1 Å². The molecule has 0 fully saturated rings. The molecule has 0 radical (unpaired) electrons. The fourth-order valence-corrected chi connectivity index (χ4v) is 4.92. The molecule has 0 amide bonds. The summed E-state index contributed by atoms with van der Waals surface area (Å²) in [6, 6.07) is 28.1. The van der Waals surface area contributed by atoms with Crippen LogP contribution in [0, 0.1) is 10.1 Å². The van der Waals surface area contributed by atoms with Gasteiger partial charge in [-0.15, -0.1) is 0 Å². The van der Waals surface area contributed by atoms with Gasteiger partial charge in [-0.2, -0.15) is 0 Å². The minimum atomic E-state index is -0.383. The third-order valence-corrected chi connectivity index (χ3v) is 6.91. The van der Waals surface area contributed by atoms with Gasteiger partial charge < -0.3 is 19.5 Å². The summed E-state index contributed by atoms with van der Waals surface area (Å²) in [6.07, 6.45) is 1.07. The van der Waals surface area contributed by atoms with Crippen LogP contribution in [0.3, 0.4) is 0 Å². The van der Waals surface area contributed by atoms with Crippen molar-refractivity contribution in [2.45, 2.75) is 19.5 Å². The molecule has 0 spiro atoms. The summed E-state index contributed by atoms with van der Waals surface area (Å²) in [5.74, 6) is 0.845. The number of ether oxygens (including phenoxy) is 1. The number of fused-ring (bicyclic) bond motifs is 3. The molecule has 0 saturated heterocycles. The highest BCUT2D eigenvalue weighted by Gasteiger charge is 2.13. The number of hydrogen-bond acceptors (Lipinski definition) is 5. The topological polar surface area (TPSA) is 72.6 Å². The lowest BCUT2D eigenvalue weighted by atomic mass is 10.0. The SMILES string of the molecule is COc1ccc(-c2ccc3c(c2)c2cc(CNc4ccc([N+](=O)[O-])cc4)ccc2n3CCCN(C)C)cc1. The molecule has 0 bridgehead atoms. The summed E-state index contributed by atoms with van der Waals surface area (Å²) >= 11 is 0. The molecule has 0 aliphatic carbocycles. The molecule has 0 unspecified atom stereocenters. The Bertz CT molecular complexity index is 1570.